The van der Waals surface area contributed by atoms with Gasteiger partial charge in [-0.2, -0.15) is 0 Å². The fourth-order valence-corrected chi connectivity index (χ4v) is 2.28. The molecule has 0 aromatic carbocycles. The molecule has 0 aliphatic rings. The van der Waals surface area contributed by atoms with Crippen molar-refractivity contribution in [2.45, 2.75) is 20.0 Å². The molecule has 0 spiro atoms. The Hall–Kier alpha value is 0.0700. The number of aromatic nitrogens is 1. The number of aliphatic hydroxyl groups excluding tert-OH is 1. The molecule has 0 saturated carbocycles. The maximum Gasteiger partial charge on any atom is 0.159 e. The van der Waals surface area contributed by atoms with Crippen molar-refractivity contribution in [1.29, 1.82) is 0 Å². The standard InChI is InChI=1S/C6H8BrNOS/c1-2-4-5(3-9)10-6(7)8-4/h9H,2-3H2,1H3. The van der Waals surface area contributed by atoms with E-state index in [4.69, 9.17) is 5.11 Å². The maximum atomic E-state index is 8.81. The van der Waals surface area contributed by atoms with Gasteiger partial charge in [0.25, 0.3) is 0 Å². The monoisotopic (exact) mass is 221 g/mol. The molecular formula is C6H8BrNOS. The van der Waals surface area contributed by atoms with Gasteiger partial charge in [-0.25, -0.2) is 4.98 Å². The first-order valence-corrected chi connectivity index (χ1v) is 4.63. The van der Waals surface area contributed by atoms with E-state index in [-0.39, 0.29) is 6.61 Å². The largest absolute Gasteiger partial charge is 0.391 e. The minimum atomic E-state index is 0.104. The van der Waals surface area contributed by atoms with E-state index in [0.29, 0.717) is 0 Å². The van der Waals surface area contributed by atoms with E-state index in [9.17, 15) is 0 Å². The van der Waals surface area contributed by atoms with Crippen molar-refractivity contribution in [2.24, 2.45) is 0 Å². The molecule has 1 aromatic heterocycles. The van der Waals surface area contributed by atoms with Crippen LogP contribution in [-0.4, -0.2) is 10.1 Å². The van der Waals surface area contributed by atoms with Crippen molar-refractivity contribution in [3.8, 4) is 0 Å². The van der Waals surface area contributed by atoms with Gasteiger partial charge in [0.2, 0.25) is 0 Å². The van der Waals surface area contributed by atoms with Crippen LogP contribution in [0.15, 0.2) is 3.92 Å². The van der Waals surface area contributed by atoms with Crippen molar-refractivity contribution in [1.82, 2.24) is 4.98 Å². The van der Waals surface area contributed by atoms with Crippen LogP contribution in [0.3, 0.4) is 0 Å². The summed E-state index contributed by atoms with van der Waals surface area (Å²) in [4.78, 5) is 5.14. The van der Waals surface area contributed by atoms with Gasteiger partial charge in [-0.1, -0.05) is 6.92 Å². The molecule has 0 fully saturated rings. The van der Waals surface area contributed by atoms with E-state index in [2.05, 4.69) is 20.9 Å². The molecule has 10 heavy (non-hydrogen) atoms. The zero-order chi connectivity index (χ0) is 7.56. The van der Waals surface area contributed by atoms with Crippen LogP contribution < -0.4 is 0 Å². The number of hydrogen-bond acceptors (Lipinski definition) is 3. The van der Waals surface area contributed by atoms with Crippen LogP contribution in [0.25, 0.3) is 0 Å². The third-order valence-corrected chi connectivity index (χ3v) is 2.76. The van der Waals surface area contributed by atoms with Gasteiger partial charge < -0.3 is 5.11 Å². The first-order chi connectivity index (χ1) is 4.77. The Morgan fingerprint density at radius 3 is 2.80 bits per heavy atom. The summed E-state index contributed by atoms with van der Waals surface area (Å²) in [6.07, 6.45) is 0.887. The topological polar surface area (TPSA) is 33.1 Å². The highest BCUT2D eigenvalue weighted by molar-refractivity contribution is 9.11. The molecular weight excluding hydrogens is 214 g/mol. The Morgan fingerprint density at radius 2 is 2.40 bits per heavy atom. The summed E-state index contributed by atoms with van der Waals surface area (Å²) in [5.41, 5.74) is 0.999. The molecule has 1 rings (SSSR count). The molecule has 0 bridgehead atoms. The SMILES string of the molecule is CCc1nc(Br)sc1CO. The summed E-state index contributed by atoms with van der Waals surface area (Å²) in [5.74, 6) is 0. The Morgan fingerprint density at radius 1 is 1.70 bits per heavy atom. The quantitative estimate of drug-likeness (QED) is 0.829. The van der Waals surface area contributed by atoms with Gasteiger partial charge >= 0.3 is 0 Å². The van der Waals surface area contributed by atoms with Crippen LogP contribution >= 0.6 is 27.3 Å². The van der Waals surface area contributed by atoms with Crippen molar-refractivity contribution in [2.75, 3.05) is 0 Å². The first-order valence-electron chi connectivity index (χ1n) is 3.02. The summed E-state index contributed by atoms with van der Waals surface area (Å²) in [5, 5.41) is 8.81. The predicted octanol–water partition coefficient (Wildman–Crippen LogP) is 1.96. The molecule has 0 radical (unpaired) electrons. The summed E-state index contributed by atoms with van der Waals surface area (Å²) in [6.45, 7) is 2.13. The van der Waals surface area contributed by atoms with Crippen molar-refractivity contribution in [3.63, 3.8) is 0 Å². The number of thiazole rings is 1. The van der Waals surface area contributed by atoms with Crippen LogP contribution in [0.2, 0.25) is 0 Å². The van der Waals surface area contributed by atoms with E-state index in [1.54, 1.807) is 0 Å². The van der Waals surface area contributed by atoms with Gasteiger partial charge in [-0.15, -0.1) is 11.3 Å². The highest BCUT2D eigenvalue weighted by Crippen LogP contribution is 2.23. The van der Waals surface area contributed by atoms with Crippen LogP contribution in [0.1, 0.15) is 17.5 Å². The lowest BCUT2D eigenvalue weighted by molar-refractivity contribution is 0.284. The normalized spacial score (nSPS) is 10.3. The predicted molar refractivity (Wildman–Crippen MR) is 45.1 cm³/mol. The third kappa shape index (κ3) is 1.56. The fraction of sp³-hybridized carbons (Fsp3) is 0.500. The number of halogens is 1. The summed E-state index contributed by atoms with van der Waals surface area (Å²) < 4.78 is 0.855. The highest BCUT2D eigenvalue weighted by Gasteiger charge is 2.05. The summed E-state index contributed by atoms with van der Waals surface area (Å²) in [6, 6.07) is 0. The zero-order valence-corrected chi connectivity index (χ0v) is 8.00. The van der Waals surface area contributed by atoms with E-state index in [1.165, 1.54) is 11.3 Å². The second kappa shape index (κ2) is 3.46. The summed E-state index contributed by atoms with van der Waals surface area (Å²) >= 11 is 4.76. The molecule has 2 nitrogen and oxygen atoms in total. The smallest absolute Gasteiger partial charge is 0.159 e. The Balaban J connectivity index is 2.96. The first kappa shape index (κ1) is 8.17. The molecule has 0 aliphatic carbocycles. The van der Waals surface area contributed by atoms with Crippen molar-refractivity contribution < 1.29 is 5.11 Å². The average Bonchev–Trinajstić information content (AvgIpc) is 2.30. The minimum absolute atomic E-state index is 0.104. The minimum Gasteiger partial charge on any atom is -0.391 e. The van der Waals surface area contributed by atoms with E-state index in [1.807, 2.05) is 6.92 Å². The van der Waals surface area contributed by atoms with Crippen LogP contribution in [-0.2, 0) is 13.0 Å². The number of aryl methyl sites for hydroxylation is 1. The second-order valence-corrected chi connectivity index (χ2v) is 4.21. The van der Waals surface area contributed by atoms with Gasteiger partial charge in [-0.3, -0.25) is 0 Å². The molecule has 0 amide bonds. The van der Waals surface area contributed by atoms with E-state index < -0.39 is 0 Å². The van der Waals surface area contributed by atoms with Crippen LogP contribution in [0, 0.1) is 0 Å². The van der Waals surface area contributed by atoms with Gasteiger partial charge in [0.1, 0.15) is 0 Å². The lowest BCUT2D eigenvalue weighted by Crippen LogP contribution is -1.86. The highest BCUT2D eigenvalue weighted by atomic mass is 79.9. The van der Waals surface area contributed by atoms with Crippen LogP contribution in [0.5, 0.6) is 0 Å². The number of nitrogens with zero attached hydrogens (tertiary/aromatic N) is 1. The third-order valence-electron chi connectivity index (χ3n) is 1.23. The van der Waals surface area contributed by atoms with Gasteiger partial charge in [-0.05, 0) is 22.4 Å². The van der Waals surface area contributed by atoms with Gasteiger partial charge in [0, 0.05) is 0 Å². The number of rotatable bonds is 2. The fourth-order valence-electron chi connectivity index (χ4n) is 0.752. The Bertz CT molecular complexity index is 202. The van der Waals surface area contributed by atoms with Crippen molar-refractivity contribution >= 4 is 27.3 Å². The van der Waals surface area contributed by atoms with Gasteiger partial charge in [0.05, 0.1) is 17.2 Å². The molecule has 1 heterocycles. The van der Waals surface area contributed by atoms with Crippen molar-refractivity contribution in [3.05, 3.63) is 14.5 Å². The lowest BCUT2D eigenvalue weighted by atomic mass is 10.3. The molecule has 0 unspecified atom stereocenters. The zero-order valence-electron chi connectivity index (χ0n) is 5.59. The molecule has 0 saturated heterocycles. The average molecular weight is 222 g/mol. The van der Waals surface area contributed by atoms with E-state index in [0.717, 1.165) is 20.9 Å². The number of hydrogen-bond donors (Lipinski definition) is 1. The Labute approximate surface area is 72.0 Å². The molecule has 0 atom stereocenters. The lowest BCUT2D eigenvalue weighted by Gasteiger charge is -1.90. The molecule has 0 aliphatic heterocycles. The Kier molecular flexibility index (Phi) is 2.82. The molecule has 4 heteroatoms. The number of aliphatic hydroxyl groups is 1. The second-order valence-electron chi connectivity index (χ2n) is 1.85. The molecule has 1 N–H and O–H groups in total. The summed E-state index contributed by atoms with van der Waals surface area (Å²) in [7, 11) is 0. The van der Waals surface area contributed by atoms with Crippen LogP contribution in [0.4, 0.5) is 0 Å². The molecule has 56 valence electrons. The molecule has 1 aromatic rings. The maximum absolute atomic E-state index is 8.81. The van der Waals surface area contributed by atoms with Gasteiger partial charge in [0.15, 0.2) is 3.92 Å². The van der Waals surface area contributed by atoms with E-state index >= 15 is 0 Å².